The van der Waals surface area contributed by atoms with Gasteiger partial charge in [-0.15, -0.1) is 0 Å². The minimum atomic E-state index is -0.486. The Hall–Kier alpha value is -3.94. The first-order valence-corrected chi connectivity index (χ1v) is 10.5. The van der Waals surface area contributed by atoms with Gasteiger partial charge < -0.3 is 15.0 Å². The van der Waals surface area contributed by atoms with Crippen LogP contribution in [0, 0.1) is 12.8 Å². The standard InChI is InChI=1S/C24H24N4O4/c1-3-32-24(31)21-11-12-28(26-21)20-6-4-5-18(14-20)25-23(30)17-13-22(29)27(15-17)19-9-7-16(2)8-10-19/h4-12,14,17H,3,13,15H2,1-2H3,(H,25,30). The molecule has 2 heterocycles. The average molecular weight is 432 g/mol. The summed E-state index contributed by atoms with van der Waals surface area (Å²) in [6, 6.07) is 16.4. The fourth-order valence-corrected chi connectivity index (χ4v) is 3.61. The number of anilines is 2. The maximum absolute atomic E-state index is 12.8. The van der Waals surface area contributed by atoms with Gasteiger partial charge in [-0.1, -0.05) is 23.8 Å². The summed E-state index contributed by atoms with van der Waals surface area (Å²) < 4.78 is 6.50. The van der Waals surface area contributed by atoms with Crippen molar-refractivity contribution in [3.8, 4) is 5.69 Å². The van der Waals surface area contributed by atoms with Crippen molar-refractivity contribution < 1.29 is 19.1 Å². The Balaban J connectivity index is 1.43. The Morgan fingerprint density at radius 1 is 1.12 bits per heavy atom. The summed E-state index contributed by atoms with van der Waals surface area (Å²) in [5.74, 6) is -1.20. The van der Waals surface area contributed by atoms with Crippen LogP contribution in [0.2, 0.25) is 0 Å². The number of hydrogen-bond acceptors (Lipinski definition) is 5. The maximum atomic E-state index is 12.8. The van der Waals surface area contributed by atoms with Gasteiger partial charge in [0.15, 0.2) is 5.69 Å². The largest absolute Gasteiger partial charge is 0.461 e. The van der Waals surface area contributed by atoms with Crippen molar-refractivity contribution in [1.82, 2.24) is 9.78 Å². The van der Waals surface area contributed by atoms with Crippen molar-refractivity contribution in [3.63, 3.8) is 0 Å². The minimum absolute atomic E-state index is 0.0641. The van der Waals surface area contributed by atoms with Gasteiger partial charge in [0.2, 0.25) is 11.8 Å². The second-order valence-corrected chi connectivity index (χ2v) is 7.65. The highest BCUT2D eigenvalue weighted by atomic mass is 16.5. The van der Waals surface area contributed by atoms with Crippen LogP contribution in [0.1, 0.15) is 29.4 Å². The zero-order valence-electron chi connectivity index (χ0n) is 17.9. The average Bonchev–Trinajstić information content (AvgIpc) is 3.42. The van der Waals surface area contributed by atoms with Crippen LogP contribution in [0.15, 0.2) is 60.8 Å². The van der Waals surface area contributed by atoms with Crippen LogP contribution in [-0.2, 0) is 14.3 Å². The number of carbonyl (C=O) groups is 3. The third-order valence-corrected chi connectivity index (χ3v) is 5.29. The van der Waals surface area contributed by atoms with E-state index in [1.165, 1.54) is 0 Å². The van der Waals surface area contributed by atoms with Crippen molar-refractivity contribution in [3.05, 3.63) is 72.1 Å². The molecule has 0 aliphatic carbocycles. The van der Waals surface area contributed by atoms with Crippen LogP contribution in [0.4, 0.5) is 11.4 Å². The van der Waals surface area contributed by atoms with Crippen LogP contribution >= 0.6 is 0 Å². The Labute approximate surface area is 185 Å². The number of nitrogens with one attached hydrogen (secondary N) is 1. The first-order valence-electron chi connectivity index (χ1n) is 10.5. The Kier molecular flexibility index (Phi) is 6.02. The summed E-state index contributed by atoms with van der Waals surface area (Å²) in [6.45, 7) is 4.34. The van der Waals surface area contributed by atoms with Gasteiger partial charge in [0, 0.05) is 30.5 Å². The third-order valence-electron chi connectivity index (χ3n) is 5.29. The van der Waals surface area contributed by atoms with Gasteiger partial charge in [-0.05, 0) is 50.2 Å². The van der Waals surface area contributed by atoms with Crippen molar-refractivity contribution >= 4 is 29.2 Å². The molecule has 1 N–H and O–H groups in total. The normalized spacial score (nSPS) is 15.6. The molecule has 0 saturated carbocycles. The zero-order valence-corrected chi connectivity index (χ0v) is 17.9. The molecule has 8 heteroatoms. The fraction of sp³-hybridized carbons (Fsp3) is 0.250. The van der Waals surface area contributed by atoms with Gasteiger partial charge in [-0.3, -0.25) is 9.59 Å². The number of hydrogen-bond donors (Lipinski definition) is 1. The Morgan fingerprint density at radius 3 is 2.66 bits per heavy atom. The number of benzene rings is 2. The summed E-state index contributed by atoms with van der Waals surface area (Å²) in [4.78, 5) is 38.8. The van der Waals surface area contributed by atoms with E-state index in [0.717, 1.165) is 11.3 Å². The molecule has 0 bridgehead atoms. The van der Waals surface area contributed by atoms with E-state index in [1.54, 1.807) is 47.0 Å². The fourth-order valence-electron chi connectivity index (χ4n) is 3.61. The van der Waals surface area contributed by atoms with E-state index >= 15 is 0 Å². The molecule has 1 aromatic heterocycles. The molecular weight excluding hydrogens is 408 g/mol. The lowest BCUT2D eigenvalue weighted by atomic mass is 10.1. The van der Waals surface area contributed by atoms with Gasteiger partial charge >= 0.3 is 5.97 Å². The molecule has 1 unspecified atom stereocenters. The van der Waals surface area contributed by atoms with Crippen molar-refractivity contribution in [1.29, 1.82) is 0 Å². The molecule has 1 aliphatic heterocycles. The van der Waals surface area contributed by atoms with Crippen molar-refractivity contribution in [2.75, 3.05) is 23.4 Å². The molecule has 8 nitrogen and oxygen atoms in total. The van der Waals surface area contributed by atoms with Crippen LogP contribution in [0.25, 0.3) is 5.69 Å². The predicted molar refractivity (Wildman–Crippen MR) is 120 cm³/mol. The third kappa shape index (κ3) is 4.54. The second-order valence-electron chi connectivity index (χ2n) is 7.65. The minimum Gasteiger partial charge on any atom is -0.461 e. The molecule has 0 spiro atoms. The number of ether oxygens (including phenoxy) is 1. The molecular formula is C24H24N4O4. The number of rotatable bonds is 6. The van der Waals surface area contributed by atoms with Gasteiger partial charge in [-0.2, -0.15) is 5.10 Å². The van der Waals surface area contributed by atoms with Crippen LogP contribution in [0.3, 0.4) is 0 Å². The zero-order chi connectivity index (χ0) is 22.7. The lowest BCUT2D eigenvalue weighted by Crippen LogP contribution is -2.28. The van der Waals surface area contributed by atoms with Crippen molar-refractivity contribution in [2.24, 2.45) is 5.92 Å². The van der Waals surface area contributed by atoms with Crippen molar-refractivity contribution in [2.45, 2.75) is 20.3 Å². The maximum Gasteiger partial charge on any atom is 0.358 e. The molecule has 2 amide bonds. The second kappa shape index (κ2) is 9.05. The van der Waals surface area contributed by atoms with Gasteiger partial charge in [-0.25, -0.2) is 9.48 Å². The first-order chi connectivity index (χ1) is 15.4. The summed E-state index contributed by atoms with van der Waals surface area (Å²) in [5.41, 5.74) is 3.39. The van der Waals surface area contributed by atoms with Gasteiger partial charge in [0.05, 0.1) is 18.2 Å². The van der Waals surface area contributed by atoms with Crippen LogP contribution in [-0.4, -0.2) is 40.7 Å². The number of nitrogens with zero attached hydrogens (tertiary/aromatic N) is 3. The number of esters is 1. The van der Waals surface area contributed by atoms with Crippen LogP contribution in [0.5, 0.6) is 0 Å². The quantitative estimate of drug-likeness (QED) is 0.603. The highest BCUT2D eigenvalue weighted by Crippen LogP contribution is 2.26. The highest BCUT2D eigenvalue weighted by molar-refractivity contribution is 6.03. The Morgan fingerprint density at radius 2 is 1.91 bits per heavy atom. The summed E-state index contributed by atoms with van der Waals surface area (Å²) >= 11 is 0. The van der Waals surface area contributed by atoms with Crippen LogP contribution < -0.4 is 10.2 Å². The topological polar surface area (TPSA) is 93.5 Å². The van der Waals surface area contributed by atoms with Gasteiger partial charge in [0.1, 0.15) is 0 Å². The van der Waals surface area contributed by atoms with E-state index in [2.05, 4.69) is 10.4 Å². The van der Waals surface area contributed by atoms with E-state index < -0.39 is 11.9 Å². The summed E-state index contributed by atoms with van der Waals surface area (Å²) in [7, 11) is 0. The van der Waals surface area contributed by atoms with E-state index in [4.69, 9.17) is 4.74 Å². The number of carbonyl (C=O) groups excluding carboxylic acids is 3. The lowest BCUT2D eigenvalue weighted by molar-refractivity contribution is -0.122. The van der Waals surface area contributed by atoms with E-state index in [0.29, 0.717) is 17.9 Å². The molecule has 32 heavy (non-hydrogen) atoms. The predicted octanol–water partition coefficient (Wildman–Crippen LogP) is 3.35. The summed E-state index contributed by atoms with van der Waals surface area (Å²) in [6.07, 6.45) is 1.82. The molecule has 2 aromatic carbocycles. The number of aryl methyl sites for hydroxylation is 1. The molecule has 4 rings (SSSR count). The SMILES string of the molecule is CCOC(=O)c1ccn(-c2cccc(NC(=O)C3CC(=O)N(c4ccc(C)cc4)C3)c2)n1. The smallest absolute Gasteiger partial charge is 0.358 e. The van der Waals surface area contributed by atoms with E-state index in [1.807, 2.05) is 37.3 Å². The summed E-state index contributed by atoms with van der Waals surface area (Å²) in [5, 5.41) is 7.13. The van der Waals surface area contributed by atoms with E-state index in [-0.39, 0.29) is 30.5 Å². The molecule has 1 fully saturated rings. The van der Waals surface area contributed by atoms with E-state index in [9.17, 15) is 14.4 Å². The number of aromatic nitrogens is 2. The molecule has 3 aromatic rings. The molecule has 1 saturated heterocycles. The molecule has 1 atom stereocenters. The highest BCUT2D eigenvalue weighted by Gasteiger charge is 2.35. The number of amides is 2. The first kappa shape index (κ1) is 21.3. The molecule has 0 radical (unpaired) electrons. The monoisotopic (exact) mass is 432 g/mol. The van der Waals surface area contributed by atoms with Gasteiger partial charge in [0.25, 0.3) is 0 Å². The lowest BCUT2D eigenvalue weighted by Gasteiger charge is -2.17. The Bertz CT molecular complexity index is 1150. The molecule has 1 aliphatic rings. The molecule has 164 valence electrons.